The summed E-state index contributed by atoms with van der Waals surface area (Å²) in [4.78, 5) is 17.9. The van der Waals surface area contributed by atoms with Crippen LogP contribution in [0.15, 0.2) is 72.8 Å². The normalized spacial score (nSPS) is 11.7. The molecule has 0 aliphatic carbocycles. The number of esters is 1. The first-order valence-corrected chi connectivity index (χ1v) is 9.04. The minimum atomic E-state index is -0.360. The van der Waals surface area contributed by atoms with Crippen molar-refractivity contribution in [3.63, 3.8) is 0 Å². The summed E-state index contributed by atoms with van der Waals surface area (Å²) in [7, 11) is 0. The second kappa shape index (κ2) is 6.51. The van der Waals surface area contributed by atoms with Crippen molar-refractivity contribution in [3.8, 4) is 5.75 Å². The zero-order valence-electron chi connectivity index (χ0n) is 15.7. The Morgan fingerprint density at radius 2 is 1.30 bits per heavy atom. The molecule has 0 atom stereocenters. The van der Waals surface area contributed by atoms with Crippen LogP contribution in [-0.4, -0.2) is 11.0 Å². The standard InChI is InChI=1S/C24H21NO2/c1-24(2,3)18-12-6-9-15-21(18)27-23(26)22-16-10-4-7-13-19(16)25-20-14-8-5-11-17(20)22/h4-15H,1-3H3. The zero-order chi connectivity index (χ0) is 19.0. The van der Waals surface area contributed by atoms with Gasteiger partial charge in [-0.25, -0.2) is 9.78 Å². The van der Waals surface area contributed by atoms with Gasteiger partial charge < -0.3 is 4.74 Å². The molecule has 4 rings (SSSR count). The lowest BCUT2D eigenvalue weighted by molar-refractivity contribution is 0.0736. The lowest BCUT2D eigenvalue weighted by atomic mass is 9.86. The van der Waals surface area contributed by atoms with E-state index in [9.17, 15) is 4.79 Å². The molecule has 0 spiro atoms. The molecule has 3 aromatic carbocycles. The predicted octanol–water partition coefficient (Wildman–Crippen LogP) is 5.90. The number of rotatable bonds is 2. The fourth-order valence-electron chi connectivity index (χ4n) is 3.39. The van der Waals surface area contributed by atoms with E-state index < -0.39 is 0 Å². The van der Waals surface area contributed by atoms with Crippen LogP contribution in [0.5, 0.6) is 5.75 Å². The molecule has 27 heavy (non-hydrogen) atoms. The monoisotopic (exact) mass is 355 g/mol. The summed E-state index contributed by atoms with van der Waals surface area (Å²) in [5.74, 6) is 0.237. The lowest BCUT2D eigenvalue weighted by Gasteiger charge is -2.22. The van der Waals surface area contributed by atoms with Gasteiger partial charge in [-0.1, -0.05) is 75.4 Å². The first-order valence-electron chi connectivity index (χ1n) is 9.04. The van der Waals surface area contributed by atoms with E-state index in [-0.39, 0.29) is 11.4 Å². The number of hydrogen-bond acceptors (Lipinski definition) is 3. The summed E-state index contributed by atoms with van der Waals surface area (Å²) in [6.45, 7) is 6.32. The van der Waals surface area contributed by atoms with E-state index in [0.717, 1.165) is 27.4 Å². The Morgan fingerprint density at radius 3 is 1.89 bits per heavy atom. The smallest absolute Gasteiger partial charge is 0.344 e. The highest BCUT2D eigenvalue weighted by Crippen LogP contribution is 2.33. The Balaban J connectivity index is 1.89. The van der Waals surface area contributed by atoms with E-state index in [1.807, 2.05) is 72.8 Å². The van der Waals surface area contributed by atoms with Gasteiger partial charge in [0.25, 0.3) is 0 Å². The molecule has 0 fully saturated rings. The number of aromatic nitrogens is 1. The quantitative estimate of drug-likeness (QED) is 0.255. The van der Waals surface area contributed by atoms with Gasteiger partial charge in [-0.3, -0.25) is 0 Å². The maximum Gasteiger partial charge on any atom is 0.344 e. The molecule has 0 saturated carbocycles. The first kappa shape index (κ1) is 17.2. The Hall–Kier alpha value is -3.20. The number of fused-ring (bicyclic) bond motifs is 2. The van der Waals surface area contributed by atoms with Gasteiger partial charge >= 0.3 is 5.97 Å². The van der Waals surface area contributed by atoms with Crippen LogP contribution in [0.25, 0.3) is 21.8 Å². The number of carbonyl (C=O) groups is 1. The third-order valence-corrected chi connectivity index (χ3v) is 4.69. The molecule has 0 unspecified atom stereocenters. The van der Waals surface area contributed by atoms with E-state index in [1.54, 1.807) is 0 Å². The van der Waals surface area contributed by atoms with Crippen molar-refractivity contribution in [2.75, 3.05) is 0 Å². The summed E-state index contributed by atoms with van der Waals surface area (Å²) in [6.07, 6.45) is 0. The van der Waals surface area contributed by atoms with Gasteiger partial charge in [0.15, 0.2) is 0 Å². The third kappa shape index (κ3) is 3.17. The molecule has 134 valence electrons. The average Bonchev–Trinajstić information content (AvgIpc) is 2.65. The fourth-order valence-corrected chi connectivity index (χ4v) is 3.39. The van der Waals surface area contributed by atoms with Crippen LogP contribution in [-0.2, 0) is 5.41 Å². The van der Waals surface area contributed by atoms with Crippen molar-refractivity contribution in [1.82, 2.24) is 4.98 Å². The molecule has 0 bridgehead atoms. The van der Waals surface area contributed by atoms with E-state index in [1.165, 1.54) is 0 Å². The number of hydrogen-bond donors (Lipinski definition) is 0. The van der Waals surface area contributed by atoms with Crippen LogP contribution in [0.3, 0.4) is 0 Å². The molecule has 1 aromatic heterocycles. The minimum absolute atomic E-state index is 0.126. The molecule has 0 amide bonds. The molecule has 3 heteroatoms. The van der Waals surface area contributed by atoms with Crippen LogP contribution in [0.1, 0.15) is 36.7 Å². The number of ether oxygens (including phenoxy) is 1. The number of carbonyl (C=O) groups excluding carboxylic acids is 1. The summed E-state index contributed by atoms with van der Waals surface area (Å²) in [6, 6.07) is 23.1. The van der Waals surface area contributed by atoms with E-state index in [4.69, 9.17) is 4.74 Å². The van der Waals surface area contributed by atoms with Crippen LogP contribution in [0, 0.1) is 0 Å². The molecule has 3 nitrogen and oxygen atoms in total. The van der Waals surface area contributed by atoms with Crippen LogP contribution in [0.2, 0.25) is 0 Å². The lowest BCUT2D eigenvalue weighted by Crippen LogP contribution is -2.17. The zero-order valence-corrected chi connectivity index (χ0v) is 15.7. The van der Waals surface area contributed by atoms with Gasteiger partial charge in [-0.05, 0) is 23.6 Å². The highest BCUT2D eigenvalue weighted by atomic mass is 16.5. The van der Waals surface area contributed by atoms with Gasteiger partial charge in [-0.15, -0.1) is 0 Å². The summed E-state index contributed by atoms with van der Waals surface area (Å²) >= 11 is 0. The van der Waals surface area contributed by atoms with Crippen molar-refractivity contribution in [1.29, 1.82) is 0 Å². The number of para-hydroxylation sites is 3. The topological polar surface area (TPSA) is 39.2 Å². The predicted molar refractivity (Wildman–Crippen MR) is 109 cm³/mol. The third-order valence-electron chi connectivity index (χ3n) is 4.69. The highest BCUT2D eigenvalue weighted by molar-refractivity contribution is 6.14. The van der Waals surface area contributed by atoms with Gasteiger partial charge in [0.05, 0.1) is 16.6 Å². The Morgan fingerprint density at radius 1 is 0.778 bits per heavy atom. The van der Waals surface area contributed by atoms with E-state index >= 15 is 0 Å². The first-order chi connectivity index (χ1) is 12.9. The molecular formula is C24H21NO2. The SMILES string of the molecule is CC(C)(C)c1ccccc1OC(=O)c1c2ccccc2nc2ccccc12. The maximum atomic E-state index is 13.3. The van der Waals surface area contributed by atoms with E-state index in [0.29, 0.717) is 11.3 Å². The van der Waals surface area contributed by atoms with Gasteiger partial charge in [-0.2, -0.15) is 0 Å². The summed E-state index contributed by atoms with van der Waals surface area (Å²) in [5, 5.41) is 1.60. The maximum absolute atomic E-state index is 13.3. The van der Waals surface area contributed by atoms with Crippen molar-refractivity contribution >= 4 is 27.8 Å². The Kier molecular flexibility index (Phi) is 4.15. The number of benzene rings is 3. The summed E-state index contributed by atoms with van der Waals surface area (Å²) in [5.41, 5.74) is 3.00. The molecule has 0 aliphatic rings. The van der Waals surface area contributed by atoms with Crippen molar-refractivity contribution < 1.29 is 9.53 Å². The largest absolute Gasteiger partial charge is 0.423 e. The van der Waals surface area contributed by atoms with Crippen molar-refractivity contribution in [3.05, 3.63) is 83.9 Å². The van der Waals surface area contributed by atoms with E-state index in [2.05, 4.69) is 25.8 Å². The molecule has 0 N–H and O–H groups in total. The van der Waals surface area contributed by atoms with Crippen LogP contribution >= 0.6 is 0 Å². The van der Waals surface area contributed by atoms with Crippen LogP contribution in [0.4, 0.5) is 0 Å². The average molecular weight is 355 g/mol. The number of nitrogens with zero attached hydrogens (tertiary/aromatic N) is 1. The van der Waals surface area contributed by atoms with Crippen LogP contribution < -0.4 is 4.74 Å². The van der Waals surface area contributed by atoms with Gasteiger partial charge in [0, 0.05) is 16.3 Å². The van der Waals surface area contributed by atoms with Crippen molar-refractivity contribution in [2.24, 2.45) is 0 Å². The van der Waals surface area contributed by atoms with Gasteiger partial charge in [0.1, 0.15) is 5.75 Å². The molecule has 0 aliphatic heterocycles. The van der Waals surface area contributed by atoms with Crippen molar-refractivity contribution in [2.45, 2.75) is 26.2 Å². The molecular weight excluding hydrogens is 334 g/mol. The fraction of sp³-hybridized carbons (Fsp3) is 0.167. The molecule has 0 saturated heterocycles. The second-order valence-corrected chi connectivity index (χ2v) is 7.66. The minimum Gasteiger partial charge on any atom is -0.423 e. The Labute approximate surface area is 158 Å². The molecule has 0 radical (unpaired) electrons. The Bertz CT molecular complexity index is 1100. The molecule has 4 aromatic rings. The highest BCUT2D eigenvalue weighted by Gasteiger charge is 2.23. The second-order valence-electron chi connectivity index (χ2n) is 7.66. The number of pyridine rings is 1. The molecule has 1 heterocycles. The summed E-state index contributed by atoms with van der Waals surface area (Å²) < 4.78 is 5.91. The van der Waals surface area contributed by atoms with Gasteiger partial charge in [0.2, 0.25) is 0 Å².